The standard InChI is InChI=1S/C14H16Cl3NO3S/c15-14(16,17)9-21-13(20)18-7-6-12(11(19)8-18)22-10-4-2-1-3-5-10/h1-5,11-12,19H,6-9H2/t11-,12-/m0/s1. The second-order valence-electron chi connectivity index (χ2n) is 4.94. The lowest BCUT2D eigenvalue weighted by atomic mass is 10.1. The summed E-state index contributed by atoms with van der Waals surface area (Å²) in [4.78, 5) is 14.4. The van der Waals surface area contributed by atoms with Crippen LogP contribution in [0.25, 0.3) is 0 Å². The maximum Gasteiger partial charge on any atom is 0.409 e. The van der Waals surface area contributed by atoms with Crippen molar-refractivity contribution in [3.63, 3.8) is 0 Å². The lowest BCUT2D eigenvalue weighted by Gasteiger charge is -2.35. The molecule has 0 unspecified atom stereocenters. The van der Waals surface area contributed by atoms with Gasteiger partial charge in [-0.1, -0.05) is 53.0 Å². The molecule has 0 saturated carbocycles. The van der Waals surface area contributed by atoms with Gasteiger partial charge in [-0.05, 0) is 18.6 Å². The van der Waals surface area contributed by atoms with Crippen molar-refractivity contribution in [2.24, 2.45) is 0 Å². The van der Waals surface area contributed by atoms with Crippen LogP contribution in [0.15, 0.2) is 35.2 Å². The number of hydrogen-bond acceptors (Lipinski definition) is 4. The molecule has 1 aromatic carbocycles. The van der Waals surface area contributed by atoms with Gasteiger partial charge in [0.05, 0.1) is 12.6 Å². The molecule has 0 aliphatic carbocycles. The average molecular weight is 385 g/mol. The largest absolute Gasteiger partial charge is 0.445 e. The molecule has 0 aromatic heterocycles. The predicted octanol–water partition coefficient (Wildman–Crippen LogP) is 3.72. The van der Waals surface area contributed by atoms with Crippen LogP contribution in [0.3, 0.4) is 0 Å². The van der Waals surface area contributed by atoms with Crippen LogP contribution in [-0.2, 0) is 4.74 Å². The highest BCUT2D eigenvalue weighted by molar-refractivity contribution is 8.00. The van der Waals surface area contributed by atoms with Crippen LogP contribution in [-0.4, -0.2) is 50.9 Å². The molecule has 0 radical (unpaired) electrons. The van der Waals surface area contributed by atoms with E-state index in [0.29, 0.717) is 13.0 Å². The third kappa shape index (κ3) is 5.70. The van der Waals surface area contributed by atoms with Gasteiger partial charge >= 0.3 is 6.09 Å². The highest BCUT2D eigenvalue weighted by Crippen LogP contribution is 2.31. The normalized spacial score (nSPS) is 22.5. The molecule has 4 nitrogen and oxygen atoms in total. The monoisotopic (exact) mass is 383 g/mol. The Morgan fingerprint density at radius 1 is 1.36 bits per heavy atom. The van der Waals surface area contributed by atoms with Crippen LogP contribution in [0.2, 0.25) is 0 Å². The third-order valence-corrected chi connectivity index (χ3v) is 4.89. The van der Waals surface area contributed by atoms with Crippen molar-refractivity contribution in [2.45, 2.75) is 26.5 Å². The van der Waals surface area contributed by atoms with Gasteiger partial charge in [0.25, 0.3) is 0 Å². The predicted molar refractivity (Wildman–Crippen MR) is 89.9 cm³/mol. The van der Waals surface area contributed by atoms with Gasteiger partial charge in [0.1, 0.15) is 6.61 Å². The van der Waals surface area contributed by atoms with Crippen LogP contribution in [0.1, 0.15) is 6.42 Å². The van der Waals surface area contributed by atoms with E-state index in [1.165, 1.54) is 4.90 Å². The van der Waals surface area contributed by atoms with E-state index in [0.717, 1.165) is 4.90 Å². The van der Waals surface area contributed by atoms with Gasteiger partial charge in [0.15, 0.2) is 0 Å². The third-order valence-electron chi connectivity index (χ3n) is 3.17. The molecule has 1 aliphatic heterocycles. The number of nitrogens with zero attached hydrogens (tertiary/aromatic N) is 1. The molecule has 122 valence electrons. The molecule has 8 heteroatoms. The Morgan fingerprint density at radius 3 is 2.64 bits per heavy atom. The van der Waals surface area contributed by atoms with E-state index in [1.54, 1.807) is 11.8 Å². The number of aliphatic hydroxyl groups excluding tert-OH is 1. The summed E-state index contributed by atoms with van der Waals surface area (Å²) in [5, 5.41) is 10.3. The van der Waals surface area contributed by atoms with Crippen LogP contribution in [0, 0.1) is 0 Å². The summed E-state index contributed by atoms with van der Waals surface area (Å²) in [6.07, 6.45) is -0.531. The number of alkyl halides is 3. The molecule has 1 aliphatic rings. The van der Waals surface area contributed by atoms with E-state index in [9.17, 15) is 9.90 Å². The van der Waals surface area contributed by atoms with Gasteiger partial charge in [0.2, 0.25) is 3.79 Å². The molecule has 1 fully saturated rings. The molecule has 2 rings (SSSR count). The number of β-amino-alcohol motifs (C(OH)–C–C–N with tert-alkyl or cyclic N) is 1. The zero-order chi connectivity index (χ0) is 16.2. The van der Waals surface area contributed by atoms with E-state index >= 15 is 0 Å². The topological polar surface area (TPSA) is 49.8 Å². The van der Waals surface area contributed by atoms with Crippen molar-refractivity contribution >= 4 is 52.7 Å². The van der Waals surface area contributed by atoms with Crippen molar-refractivity contribution < 1.29 is 14.6 Å². The summed E-state index contributed by atoms with van der Waals surface area (Å²) < 4.78 is 3.29. The van der Waals surface area contributed by atoms with Crippen molar-refractivity contribution in [3.8, 4) is 0 Å². The van der Waals surface area contributed by atoms with Crippen LogP contribution >= 0.6 is 46.6 Å². The molecule has 0 spiro atoms. The first kappa shape index (κ1) is 18.0. The lowest BCUT2D eigenvalue weighted by Crippen LogP contribution is -2.48. The van der Waals surface area contributed by atoms with Crippen molar-refractivity contribution in [1.82, 2.24) is 4.90 Å². The zero-order valence-corrected chi connectivity index (χ0v) is 14.7. The fourth-order valence-electron chi connectivity index (χ4n) is 2.12. The number of thioether (sulfide) groups is 1. The summed E-state index contributed by atoms with van der Waals surface area (Å²) in [5.41, 5.74) is 0. The van der Waals surface area contributed by atoms with Crippen LogP contribution in [0.5, 0.6) is 0 Å². The Labute approximate surface area is 148 Å². The van der Waals surface area contributed by atoms with Gasteiger partial charge in [-0.3, -0.25) is 0 Å². The van der Waals surface area contributed by atoms with Crippen LogP contribution < -0.4 is 0 Å². The molecule has 0 bridgehead atoms. The molecular weight excluding hydrogens is 369 g/mol. The van der Waals surface area contributed by atoms with E-state index < -0.39 is 16.0 Å². The molecule has 1 heterocycles. The molecule has 22 heavy (non-hydrogen) atoms. The minimum absolute atomic E-state index is 0.0413. The van der Waals surface area contributed by atoms with Gasteiger partial charge in [0, 0.05) is 16.7 Å². The number of piperidine rings is 1. The van der Waals surface area contributed by atoms with Crippen molar-refractivity contribution in [1.29, 1.82) is 0 Å². The number of amides is 1. The smallest absolute Gasteiger partial charge is 0.409 e. The van der Waals surface area contributed by atoms with E-state index in [-0.39, 0.29) is 18.4 Å². The molecule has 2 atom stereocenters. The van der Waals surface area contributed by atoms with Crippen LogP contribution in [0.4, 0.5) is 4.79 Å². The Morgan fingerprint density at radius 2 is 2.05 bits per heavy atom. The van der Waals surface area contributed by atoms with Gasteiger partial charge in [-0.15, -0.1) is 11.8 Å². The summed E-state index contributed by atoms with van der Waals surface area (Å²) >= 11 is 18.2. The number of benzene rings is 1. The quantitative estimate of drug-likeness (QED) is 0.807. The number of hydrogen-bond donors (Lipinski definition) is 1. The number of likely N-dealkylation sites (tertiary alicyclic amines) is 1. The number of ether oxygens (including phenoxy) is 1. The summed E-state index contributed by atoms with van der Waals surface area (Å²) in [6.45, 7) is 0.398. The maximum absolute atomic E-state index is 11.9. The number of carbonyl (C=O) groups is 1. The molecule has 1 aromatic rings. The second kappa shape index (κ2) is 7.97. The fourth-order valence-corrected chi connectivity index (χ4v) is 3.42. The Hall–Kier alpha value is -0.330. The number of rotatable bonds is 3. The maximum atomic E-state index is 11.9. The number of halogens is 3. The average Bonchev–Trinajstić information content (AvgIpc) is 2.47. The Bertz CT molecular complexity index is 498. The first-order chi connectivity index (χ1) is 10.3. The van der Waals surface area contributed by atoms with Gasteiger partial charge < -0.3 is 14.7 Å². The SMILES string of the molecule is O=C(OCC(Cl)(Cl)Cl)N1CC[C@H](Sc2ccccc2)[C@@H](O)C1. The summed E-state index contributed by atoms with van der Waals surface area (Å²) in [6, 6.07) is 9.86. The van der Waals surface area contributed by atoms with Crippen molar-refractivity contribution in [3.05, 3.63) is 30.3 Å². The summed E-state index contributed by atoms with van der Waals surface area (Å²) in [5.74, 6) is 0. The molecular formula is C14H16Cl3NO3S. The van der Waals surface area contributed by atoms with Gasteiger partial charge in [-0.2, -0.15) is 0 Å². The van der Waals surface area contributed by atoms with E-state index in [1.807, 2.05) is 30.3 Å². The Kier molecular flexibility index (Phi) is 6.53. The zero-order valence-electron chi connectivity index (χ0n) is 11.6. The summed E-state index contributed by atoms with van der Waals surface area (Å²) in [7, 11) is 0. The van der Waals surface area contributed by atoms with E-state index in [2.05, 4.69) is 0 Å². The minimum atomic E-state index is -1.63. The van der Waals surface area contributed by atoms with Gasteiger partial charge in [-0.25, -0.2) is 4.79 Å². The molecule has 1 N–H and O–H groups in total. The van der Waals surface area contributed by atoms with Crippen molar-refractivity contribution in [2.75, 3.05) is 19.7 Å². The lowest BCUT2D eigenvalue weighted by molar-refractivity contribution is 0.0532. The molecule has 1 amide bonds. The first-order valence-corrected chi connectivity index (χ1v) is 8.75. The number of carbonyl (C=O) groups excluding carboxylic acids is 1. The fraction of sp³-hybridized carbons (Fsp3) is 0.500. The minimum Gasteiger partial charge on any atom is -0.445 e. The highest BCUT2D eigenvalue weighted by Gasteiger charge is 2.32. The molecule has 1 saturated heterocycles. The number of aliphatic hydroxyl groups is 1. The first-order valence-electron chi connectivity index (χ1n) is 6.73. The van der Waals surface area contributed by atoms with E-state index in [4.69, 9.17) is 39.5 Å². The second-order valence-corrected chi connectivity index (χ2v) is 8.77. The Balaban J connectivity index is 1.83. The highest BCUT2D eigenvalue weighted by atomic mass is 35.6.